The van der Waals surface area contributed by atoms with E-state index >= 15 is 0 Å². The molecule has 0 bridgehead atoms. The minimum Gasteiger partial charge on any atom is -0.451 e. The lowest BCUT2D eigenvalue weighted by Gasteiger charge is -1.99. The van der Waals surface area contributed by atoms with Gasteiger partial charge in [0, 0.05) is 16.6 Å². The van der Waals surface area contributed by atoms with Gasteiger partial charge in [-0.1, -0.05) is 18.2 Å². The summed E-state index contributed by atoms with van der Waals surface area (Å²) in [6.07, 6.45) is 0. The minimum absolute atomic E-state index is 0.279. The lowest BCUT2D eigenvalue weighted by Crippen LogP contribution is -2.11. The van der Waals surface area contributed by atoms with Crippen molar-refractivity contribution in [1.29, 1.82) is 0 Å². The summed E-state index contributed by atoms with van der Waals surface area (Å²) in [7, 11) is 0. The highest BCUT2D eigenvalue weighted by Gasteiger charge is 2.15. The molecule has 3 aromatic rings. The fraction of sp³-hybridized carbons (Fsp3) is 0.143. The van der Waals surface area contributed by atoms with E-state index in [0.717, 1.165) is 16.6 Å². The average Bonchev–Trinajstić information content (AvgIpc) is 2.97. The minimum atomic E-state index is -0.300. The third kappa shape index (κ3) is 1.99. The molecule has 0 saturated heterocycles. The summed E-state index contributed by atoms with van der Waals surface area (Å²) >= 11 is 0. The number of aromatic nitrogens is 2. The molecule has 0 saturated carbocycles. The Morgan fingerprint density at radius 3 is 2.79 bits per heavy atom. The number of nitrogens with zero attached hydrogens (tertiary/aromatic N) is 1. The summed E-state index contributed by atoms with van der Waals surface area (Å²) in [5, 5.41) is 10.5. The Bertz CT molecular complexity index is 722. The maximum atomic E-state index is 12.1. The molecule has 0 spiro atoms. The molecule has 0 aliphatic carbocycles. The van der Waals surface area contributed by atoms with Crippen LogP contribution in [-0.2, 0) is 0 Å². The highest BCUT2D eigenvalue weighted by Crippen LogP contribution is 2.20. The van der Waals surface area contributed by atoms with Gasteiger partial charge >= 0.3 is 0 Å². The molecule has 0 fully saturated rings. The largest absolute Gasteiger partial charge is 0.451 e. The number of furan rings is 1. The van der Waals surface area contributed by atoms with Crippen LogP contribution in [0.25, 0.3) is 11.0 Å². The van der Waals surface area contributed by atoms with Gasteiger partial charge in [-0.25, -0.2) is 0 Å². The van der Waals surface area contributed by atoms with Crippen LogP contribution in [0.15, 0.2) is 34.7 Å². The predicted octanol–water partition coefficient (Wildman–Crippen LogP) is 3.03. The van der Waals surface area contributed by atoms with Crippen LogP contribution in [0.5, 0.6) is 0 Å². The Balaban J connectivity index is 1.89. The maximum Gasteiger partial charge on any atom is 0.292 e. The van der Waals surface area contributed by atoms with Crippen LogP contribution < -0.4 is 5.32 Å². The molecule has 3 rings (SSSR count). The molecule has 5 heteroatoms. The molecule has 1 amide bonds. The van der Waals surface area contributed by atoms with Gasteiger partial charge in [0.05, 0.1) is 0 Å². The van der Waals surface area contributed by atoms with Crippen molar-refractivity contribution in [2.24, 2.45) is 0 Å². The number of carbonyl (C=O) groups excluding carboxylic acids is 1. The van der Waals surface area contributed by atoms with Gasteiger partial charge in [-0.3, -0.25) is 9.89 Å². The number of hydrogen-bond donors (Lipinski definition) is 2. The van der Waals surface area contributed by atoms with Crippen molar-refractivity contribution in [3.63, 3.8) is 0 Å². The first-order valence-corrected chi connectivity index (χ1v) is 5.96. The zero-order valence-electron chi connectivity index (χ0n) is 10.7. The molecule has 2 aromatic heterocycles. The predicted molar refractivity (Wildman–Crippen MR) is 72.2 cm³/mol. The molecule has 0 unspecified atom stereocenters. The van der Waals surface area contributed by atoms with Gasteiger partial charge in [-0.05, 0) is 26.0 Å². The highest BCUT2D eigenvalue weighted by atomic mass is 16.3. The van der Waals surface area contributed by atoms with E-state index in [0.29, 0.717) is 11.4 Å². The van der Waals surface area contributed by atoms with Crippen LogP contribution in [0.1, 0.15) is 21.8 Å². The molecule has 0 aliphatic heterocycles. The number of H-pyrrole nitrogens is 1. The quantitative estimate of drug-likeness (QED) is 0.739. The van der Waals surface area contributed by atoms with Crippen molar-refractivity contribution < 1.29 is 9.21 Å². The van der Waals surface area contributed by atoms with Crippen LogP contribution in [0.3, 0.4) is 0 Å². The van der Waals surface area contributed by atoms with E-state index in [9.17, 15) is 4.79 Å². The van der Waals surface area contributed by atoms with Gasteiger partial charge < -0.3 is 9.73 Å². The van der Waals surface area contributed by atoms with E-state index in [1.807, 2.05) is 38.1 Å². The zero-order chi connectivity index (χ0) is 13.4. The Hall–Kier alpha value is -2.56. The van der Waals surface area contributed by atoms with Gasteiger partial charge in [0.2, 0.25) is 0 Å². The summed E-state index contributed by atoms with van der Waals surface area (Å²) in [5.41, 5.74) is 2.55. The third-order valence-electron chi connectivity index (χ3n) is 3.13. The molecule has 0 atom stereocenters. The third-order valence-corrected chi connectivity index (χ3v) is 3.13. The number of aromatic amines is 1. The van der Waals surface area contributed by atoms with Crippen LogP contribution in [0, 0.1) is 13.8 Å². The summed E-state index contributed by atoms with van der Waals surface area (Å²) in [5.74, 6) is 0.509. The Morgan fingerprint density at radius 2 is 2.11 bits per heavy atom. The molecular formula is C14H13N3O2. The lowest BCUT2D eigenvalue weighted by atomic mass is 10.2. The Morgan fingerprint density at radius 1 is 1.32 bits per heavy atom. The number of carbonyl (C=O) groups is 1. The first-order valence-electron chi connectivity index (χ1n) is 5.96. The monoisotopic (exact) mass is 255 g/mol. The second-order valence-corrected chi connectivity index (χ2v) is 4.42. The summed E-state index contributed by atoms with van der Waals surface area (Å²) in [6.45, 7) is 3.80. The van der Waals surface area contributed by atoms with Gasteiger partial charge in [0.15, 0.2) is 11.6 Å². The van der Waals surface area contributed by atoms with Crippen molar-refractivity contribution in [3.05, 3.63) is 47.3 Å². The van der Waals surface area contributed by atoms with Crippen molar-refractivity contribution in [2.75, 3.05) is 5.32 Å². The second-order valence-electron chi connectivity index (χ2n) is 4.42. The topological polar surface area (TPSA) is 70.9 Å². The smallest absolute Gasteiger partial charge is 0.292 e. The van der Waals surface area contributed by atoms with Crippen LogP contribution in [-0.4, -0.2) is 16.1 Å². The number of amides is 1. The Kier molecular flexibility index (Phi) is 2.59. The number of nitrogens with one attached hydrogen (secondary N) is 2. The highest BCUT2D eigenvalue weighted by molar-refractivity contribution is 6.04. The van der Waals surface area contributed by atoms with Crippen LogP contribution in [0.4, 0.5) is 5.82 Å². The molecule has 1 aromatic carbocycles. The standard InChI is InChI=1S/C14H13N3O2/c1-8-9(2)16-17-13(8)15-14(18)12-7-10-5-3-4-6-11(10)19-12/h3-7H,1-2H3,(H2,15,16,17,18). The first kappa shape index (κ1) is 11.5. The molecule has 5 nitrogen and oxygen atoms in total. The Labute approximate surface area is 109 Å². The second kappa shape index (κ2) is 4.28. The number of para-hydroxylation sites is 1. The number of anilines is 1. The normalized spacial score (nSPS) is 10.8. The molecule has 96 valence electrons. The van der Waals surface area contributed by atoms with Crippen molar-refractivity contribution >= 4 is 22.7 Å². The maximum absolute atomic E-state index is 12.1. The van der Waals surface area contributed by atoms with E-state index in [1.54, 1.807) is 6.07 Å². The van der Waals surface area contributed by atoms with Crippen LogP contribution >= 0.6 is 0 Å². The van der Waals surface area contributed by atoms with E-state index in [1.165, 1.54) is 0 Å². The van der Waals surface area contributed by atoms with Crippen LogP contribution in [0.2, 0.25) is 0 Å². The van der Waals surface area contributed by atoms with E-state index in [-0.39, 0.29) is 11.7 Å². The van der Waals surface area contributed by atoms with Gasteiger partial charge in [0.1, 0.15) is 5.58 Å². The fourth-order valence-electron chi connectivity index (χ4n) is 1.87. The van der Waals surface area contributed by atoms with E-state index < -0.39 is 0 Å². The van der Waals surface area contributed by atoms with Crippen molar-refractivity contribution in [1.82, 2.24) is 10.2 Å². The number of rotatable bonds is 2. The van der Waals surface area contributed by atoms with E-state index in [4.69, 9.17) is 4.42 Å². The SMILES string of the molecule is Cc1[nH]nc(NC(=O)c2cc3ccccc3o2)c1C. The zero-order valence-corrected chi connectivity index (χ0v) is 10.7. The number of benzene rings is 1. The summed E-state index contributed by atoms with van der Waals surface area (Å²) in [4.78, 5) is 12.1. The molecule has 19 heavy (non-hydrogen) atoms. The van der Waals surface area contributed by atoms with Gasteiger partial charge in [0.25, 0.3) is 5.91 Å². The van der Waals surface area contributed by atoms with Gasteiger partial charge in [-0.15, -0.1) is 0 Å². The number of aryl methyl sites for hydroxylation is 1. The first-order chi connectivity index (χ1) is 9.15. The summed E-state index contributed by atoms with van der Waals surface area (Å²) < 4.78 is 5.50. The molecule has 2 N–H and O–H groups in total. The lowest BCUT2D eigenvalue weighted by molar-refractivity contribution is 0.0998. The number of fused-ring (bicyclic) bond motifs is 1. The van der Waals surface area contributed by atoms with Crippen molar-refractivity contribution in [3.8, 4) is 0 Å². The molecule has 0 aliphatic rings. The van der Waals surface area contributed by atoms with Gasteiger partial charge in [-0.2, -0.15) is 5.10 Å². The molecule has 0 radical (unpaired) electrons. The number of hydrogen-bond acceptors (Lipinski definition) is 3. The average molecular weight is 255 g/mol. The van der Waals surface area contributed by atoms with Crippen molar-refractivity contribution in [2.45, 2.75) is 13.8 Å². The fourth-order valence-corrected chi connectivity index (χ4v) is 1.87. The summed E-state index contributed by atoms with van der Waals surface area (Å²) in [6, 6.07) is 9.23. The molecular weight excluding hydrogens is 242 g/mol. The van der Waals surface area contributed by atoms with E-state index in [2.05, 4.69) is 15.5 Å². The molecule has 2 heterocycles.